The summed E-state index contributed by atoms with van der Waals surface area (Å²) in [5.41, 5.74) is 1.85. The second-order valence-electron chi connectivity index (χ2n) is 5.67. The summed E-state index contributed by atoms with van der Waals surface area (Å²) in [5.74, 6) is 0.145. The molecule has 1 heterocycles. The van der Waals surface area contributed by atoms with Crippen molar-refractivity contribution in [2.24, 2.45) is 10.2 Å². The monoisotopic (exact) mass is 495 g/mol. The Labute approximate surface area is 171 Å². The number of benzene rings is 2. The number of aromatic hydroxyl groups is 1. The number of aromatic nitrogens is 1. The van der Waals surface area contributed by atoms with Crippen molar-refractivity contribution in [2.75, 3.05) is 13.7 Å². The molecule has 0 bridgehead atoms. The molecule has 7 nitrogen and oxygen atoms in total. The summed E-state index contributed by atoms with van der Waals surface area (Å²) in [6.45, 7) is 1.60. The SMILES string of the molecule is COc1cc(Br)ccc1OCC(=O)N=Nc1c(O)[nH]c2c(Br)cc(C)cc12. The Balaban J connectivity index is 1.76. The first-order valence-corrected chi connectivity index (χ1v) is 9.39. The quantitative estimate of drug-likeness (QED) is 0.462. The van der Waals surface area contributed by atoms with Crippen LogP contribution in [0.3, 0.4) is 0 Å². The van der Waals surface area contributed by atoms with E-state index in [4.69, 9.17) is 9.47 Å². The third kappa shape index (κ3) is 4.30. The van der Waals surface area contributed by atoms with Crippen LogP contribution in [0.2, 0.25) is 0 Å². The van der Waals surface area contributed by atoms with E-state index in [0.717, 1.165) is 14.5 Å². The highest BCUT2D eigenvalue weighted by atomic mass is 79.9. The molecule has 0 saturated carbocycles. The van der Waals surface area contributed by atoms with Crippen LogP contribution in [0.5, 0.6) is 17.4 Å². The van der Waals surface area contributed by atoms with Gasteiger partial charge in [-0.25, -0.2) is 0 Å². The lowest BCUT2D eigenvalue weighted by Crippen LogP contribution is -2.08. The first-order valence-electron chi connectivity index (χ1n) is 7.80. The molecule has 0 aliphatic carbocycles. The van der Waals surface area contributed by atoms with Crippen LogP contribution in [-0.4, -0.2) is 29.7 Å². The van der Waals surface area contributed by atoms with Gasteiger partial charge < -0.3 is 19.6 Å². The van der Waals surface area contributed by atoms with Gasteiger partial charge in [-0.2, -0.15) is 0 Å². The molecule has 9 heteroatoms. The van der Waals surface area contributed by atoms with Crippen molar-refractivity contribution in [2.45, 2.75) is 6.92 Å². The Morgan fingerprint density at radius 2 is 2.00 bits per heavy atom. The summed E-state index contributed by atoms with van der Waals surface area (Å²) in [5, 5.41) is 18.3. The minimum Gasteiger partial charge on any atom is -0.493 e. The van der Waals surface area contributed by atoms with E-state index in [1.54, 1.807) is 18.2 Å². The van der Waals surface area contributed by atoms with Crippen LogP contribution in [0.1, 0.15) is 5.56 Å². The number of aryl methyl sites for hydroxylation is 1. The molecule has 3 rings (SSSR count). The molecule has 0 aliphatic heterocycles. The topological polar surface area (TPSA) is 96.3 Å². The number of carbonyl (C=O) groups is 1. The smallest absolute Gasteiger partial charge is 0.302 e. The lowest BCUT2D eigenvalue weighted by Gasteiger charge is -2.09. The molecule has 0 saturated heterocycles. The van der Waals surface area contributed by atoms with E-state index in [9.17, 15) is 9.90 Å². The summed E-state index contributed by atoms with van der Waals surface area (Å²) in [4.78, 5) is 14.8. The molecular formula is C18H15Br2N3O4. The van der Waals surface area contributed by atoms with Gasteiger partial charge in [-0.1, -0.05) is 15.9 Å². The molecule has 0 spiro atoms. The van der Waals surface area contributed by atoms with E-state index in [-0.39, 0.29) is 18.2 Å². The molecule has 0 aliphatic rings. The maximum atomic E-state index is 12.0. The number of hydrogen-bond acceptors (Lipinski definition) is 5. The lowest BCUT2D eigenvalue weighted by molar-refractivity contribution is -0.120. The van der Waals surface area contributed by atoms with E-state index >= 15 is 0 Å². The Morgan fingerprint density at radius 1 is 1.22 bits per heavy atom. The molecule has 2 aromatic carbocycles. The number of fused-ring (bicyclic) bond motifs is 1. The second kappa shape index (κ2) is 8.10. The number of methoxy groups -OCH3 is 1. The number of hydrogen-bond donors (Lipinski definition) is 2. The molecule has 27 heavy (non-hydrogen) atoms. The molecule has 1 amide bonds. The predicted octanol–water partition coefficient (Wildman–Crippen LogP) is 5.40. The maximum Gasteiger partial charge on any atom is 0.302 e. The van der Waals surface area contributed by atoms with Crippen molar-refractivity contribution in [1.29, 1.82) is 0 Å². The summed E-state index contributed by atoms with van der Waals surface area (Å²) < 4.78 is 12.3. The van der Waals surface area contributed by atoms with E-state index in [2.05, 4.69) is 47.1 Å². The van der Waals surface area contributed by atoms with Crippen LogP contribution in [0.4, 0.5) is 5.69 Å². The summed E-state index contributed by atoms with van der Waals surface area (Å²) >= 11 is 6.76. The predicted molar refractivity (Wildman–Crippen MR) is 108 cm³/mol. The Morgan fingerprint density at radius 3 is 2.74 bits per heavy atom. The normalized spacial score (nSPS) is 11.3. The number of azo groups is 1. The number of nitrogens with one attached hydrogen (secondary N) is 1. The second-order valence-corrected chi connectivity index (χ2v) is 7.44. The Hall–Kier alpha value is -2.39. The number of H-pyrrole nitrogens is 1. The third-order valence-electron chi connectivity index (χ3n) is 3.70. The van der Waals surface area contributed by atoms with Crippen LogP contribution in [-0.2, 0) is 4.79 Å². The highest BCUT2D eigenvalue weighted by molar-refractivity contribution is 9.11. The summed E-state index contributed by atoms with van der Waals surface area (Å²) in [6, 6.07) is 8.93. The largest absolute Gasteiger partial charge is 0.493 e. The molecule has 1 aromatic heterocycles. The number of amides is 1. The van der Waals surface area contributed by atoms with Gasteiger partial charge in [0, 0.05) is 14.3 Å². The van der Waals surface area contributed by atoms with Gasteiger partial charge >= 0.3 is 5.91 Å². The van der Waals surface area contributed by atoms with Crippen LogP contribution in [0, 0.1) is 6.92 Å². The van der Waals surface area contributed by atoms with Gasteiger partial charge in [0.1, 0.15) is 0 Å². The number of ether oxygens (including phenoxy) is 2. The van der Waals surface area contributed by atoms with E-state index in [1.165, 1.54) is 7.11 Å². The number of rotatable bonds is 5. The maximum absolute atomic E-state index is 12.0. The van der Waals surface area contributed by atoms with Crippen molar-refractivity contribution in [3.05, 3.63) is 44.8 Å². The van der Waals surface area contributed by atoms with Gasteiger partial charge in [0.05, 0.1) is 12.6 Å². The molecule has 2 N–H and O–H groups in total. The number of carbonyl (C=O) groups excluding carboxylic acids is 1. The van der Waals surface area contributed by atoms with Gasteiger partial charge in [-0.3, -0.25) is 4.79 Å². The van der Waals surface area contributed by atoms with Crippen molar-refractivity contribution >= 4 is 54.4 Å². The van der Waals surface area contributed by atoms with E-state index in [0.29, 0.717) is 22.4 Å². The molecule has 0 radical (unpaired) electrons. The molecule has 3 aromatic rings. The zero-order chi connectivity index (χ0) is 19.6. The highest BCUT2D eigenvalue weighted by Gasteiger charge is 2.14. The number of aromatic amines is 1. The van der Waals surface area contributed by atoms with Gasteiger partial charge in [0.15, 0.2) is 23.8 Å². The first-order chi connectivity index (χ1) is 12.9. The average Bonchev–Trinajstić information content (AvgIpc) is 2.94. The zero-order valence-corrected chi connectivity index (χ0v) is 17.6. The molecule has 140 valence electrons. The van der Waals surface area contributed by atoms with Gasteiger partial charge in [0.25, 0.3) is 0 Å². The van der Waals surface area contributed by atoms with Crippen LogP contribution in [0.15, 0.2) is 49.5 Å². The Bertz CT molecular complexity index is 1050. The summed E-state index contributed by atoms with van der Waals surface area (Å²) in [7, 11) is 1.51. The standard InChI is InChI=1S/C18H15Br2N3O4/c1-9-5-11-16(12(20)6-9)21-18(25)17(11)23-22-15(24)8-27-13-4-3-10(19)7-14(13)26-2/h3-7,21,25H,8H2,1-2H3. The van der Waals surface area contributed by atoms with Crippen LogP contribution in [0.25, 0.3) is 10.9 Å². The van der Waals surface area contributed by atoms with Gasteiger partial charge in [-0.05, 0) is 58.7 Å². The fourth-order valence-electron chi connectivity index (χ4n) is 2.50. The fraction of sp³-hybridized carbons (Fsp3) is 0.167. The lowest BCUT2D eigenvalue weighted by atomic mass is 10.1. The van der Waals surface area contributed by atoms with E-state index < -0.39 is 5.91 Å². The minimum atomic E-state index is -0.597. The zero-order valence-electron chi connectivity index (χ0n) is 14.4. The van der Waals surface area contributed by atoms with Gasteiger partial charge in [0.2, 0.25) is 5.88 Å². The average molecular weight is 497 g/mol. The molecule has 0 unspecified atom stereocenters. The summed E-state index contributed by atoms with van der Waals surface area (Å²) in [6.07, 6.45) is 0. The fourth-order valence-corrected chi connectivity index (χ4v) is 3.51. The molecule has 0 fully saturated rings. The van der Waals surface area contributed by atoms with Crippen LogP contribution >= 0.6 is 31.9 Å². The van der Waals surface area contributed by atoms with Crippen molar-refractivity contribution in [3.8, 4) is 17.4 Å². The number of halogens is 2. The molecular weight excluding hydrogens is 482 g/mol. The first kappa shape index (κ1) is 19.4. The molecule has 0 atom stereocenters. The van der Waals surface area contributed by atoms with Crippen LogP contribution < -0.4 is 9.47 Å². The van der Waals surface area contributed by atoms with Gasteiger partial charge in [-0.15, -0.1) is 10.2 Å². The number of nitrogens with zero attached hydrogens (tertiary/aromatic N) is 2. The van der Waals surface area contributed by atoms with Crippen molar-refractivity contribution < 1.29 is 19.4 Å². The third-order valence-corrected chi connectivity index (χ3v) is 4.81. The highest BCUT2D eigenvalue weighted by Crippen LogP contribution is 2.39. The van der Waals surface area contributed by atoms with Crippen molar-refractivity contribution in [3.63, 3.8) is 0 Å². The Kier molecular flexibility index (Phi) is 5.81. The van der Waals surface area contributed by atoms with Crippen molar-refractivity contribution in [1.82, 2.24) is 4.98 Å². The van der Waals surface area contributed by atoms with E-state index in [1.807, 2.05) is 19.1 Å². The minimum absolute atomic E-state index is 0.164.